The first-order chi connectivity index (χ1) is 10.1. The topological polar surface area (TPSA) is 0 Å². The van der Waals surface area contributed by atoms with Gasteiger partial charge < -0.3 is 0 Å². The van der Waals surface area contributed by atoms with E-state index in [0.29, 0.717) is 5.56 Å². The number of benzene rings is 2. The van der Waals surface area contributed by atoms with Crippen molar-refractivity contribution >= 4 is 15.9 Å². The molecule has 0 radical (unpaired) electrons. The van der Waals surface area contributed by atoms with E-state index in [9.17, 15) is 13.2 Å². The molecule has 2 aromatic rings. The second kappa shape index (κ2) is 5.84. The summed E-state index contributed by atoms with van der Waals surface area (Å²) < 4.78 is 39.7. The minimum atomic E-state index is -1.43. The first-order valence-corrected chi connectivity index (χ1v) is 7.88. The third-order valence-electron chi connectivity index (χ3n) is 3.96. The van der Waals surface area contributed by atoms with Gasteiger partial charge in [-0.3, -0.25) is 0 Å². The molecule has 0 heterocycles. The van der Waals surface area contributed by atoms with E-state index in [4.69, 9.17) is 0 Å². The molecule has 0 saturated carbocycles. The highest BCUT2D eigenvalue weighted by molar-refractivity contribution is 9.09. The van der Waals surface area contributed by atoms with Gasteiger partial charge in [0.25, 0.3) is 0 Å². The smallest absolute Gasteiger partial charge is 0.194 e. The van der Waals surface area contributed by atoms with Gasteiger partial charge >= 0.3 is 0 Å². The van der Waals surface area contributed by atoms with E-state index < -0.39 is 17.5 Å². The van der Waals surface area contributed by atoms with Gasteiger partial charge in [-0.15, -0.1) is 0 Å². The minimum absolute atomic E-state index is 0.352. The molecule has 0 aromatic heterocycles. The largest absolute Gasteiger partial charge is 0.204 e. The Balaban J connectivity index is 1.96. The van der Waals surface area contributed by atoms with Crippen LogP contribution in [0.25, 0.3) is 0 Å². The van der Waals surface area contributed by atoms with Crippen LogP contribution in [-0.4, -0.2) is 0 Å². The molecule has 1 unspecified atom stereocenters. The van der Waals surface area contributed by atoms with Crippen molar-refractivity contribution in [1.29, 1.82) is 0 Å². The fourth-order valence-electron chi connectivity index (χ4n) is 2.82. The summed E-state index contributed by atoms with van der Waals surface area (Å²) in [5.41, 5.74) is 3.95. The summed E-state index contributed by atoms with van der Waals surface area (Å²) in [5.74, 6) is -3.75. The number of halogens is 4. The Morgan fingerprint density at radius 3 is 2.10 bits per heavy atom. The number of hydrogen-bond acceptors (Lipinski definition) is 0. The van der Waals surface area contributed by atoms with E-state index in [1.165, 1.54) is 24.0 Å². The quantitative estimate of drug-likeness (QED) is 0.495. The van der Waals surface area contributed by atoms with Crippen LogP contribution in [0.15, 0.2) is 30.3 Å². The summed E-state index contributed by atoms with van der Waals surface area (Å²) in [4.78, 5) is -0.352. The van der Waals surface area contributed by atoms with Crippen molar-refractivity contribution in [2.75, 3.05) is 0 Å². The van der Waals surface area contributed by atoms with Gasteiger partial charge in [0.15, 0.2) is 17.5 Å². The Bertz CT molecular complexity index is 659. The molecular weight excluding hydrogens is 341 g/mol. The van der Waals surface area contributed by atoms with Gasteiger partial charge in [0, 0.05) is 0 Å². The highest BCUT2D eigenvalue weighted by Gasteiger charge is 2.18. The van der Waals surface area contributed by atoms with Crippen LogP contribution >= 0.6 is 15.9 Å². The SMILES string of the molecule is Fc1cc(C(Br)c2ccc3c(c2)CCCC3)cc(F)c1F. The molecule has 1 atom stereocenters. The van der Waals surface area contributed by atoms with Crippen molar-refractivity contribution in [3.05, 3.63) is 70.0 Å². The van der Waals surface area contributed by atoms with E-state index in [1.54, 1.807) is 0 Å². The molecule has 0 fully saturated rings. The molecule has 21 heavy (non-hydrogen) atoms. The molecule has 0 aliphatic heterocycles. The fourth-order valence-corrected chi connectivity index (χ4v) is 3.37. The molecule has 0 amide bonds. The van der Waals surface area contributed by atoms with Crippen molar-refractivity contribution in [2.45, 2.75) is 30.5 Å². The molecule has 4 heteroatoms. The van der Waals surface area contributed by atoms with E-state index >= 15 is 0 Å². The maximum absolute atomic E-state index is 13.4. The van der Waals surface area contributed by atoms with Gasteiger partial charge in [-0.25, -0.2) is 13.2 Å². The van der Waals surface area contributed by atoms with Gasteiger partial charge in [0.2, 0.25) is 0 Å². The molecule has 0 bridgehead atoms. The second-order valence-electron chi connectivity index (χ2n) is 5.40. The number of aryl methyl sites for hydroxylation is 2. The lowest BCUT2D eigenvalue weighted by atomic mass is 9.89. The number of fused-ring (bicyclic) bond motifs is 1. The predicted molar refractivity (Wildman–Crippen MR) is 80.2 cm³/mol. The highest BCUT2D eigenvalue weighted by atomic mass is 79.9. The Kier molecular flexibility index (Phi) is 4.07. The van der Waals surface area contributed by atoms with Crippen LogP contribution in [0.1, 0.15) is 39.9 Å². The maximum Gasteiger partial charge on any atom is 0.194 e. The van der Waals surface area contributed by atoms with Crippen LogP contribution in [-0.2, 0) is 12.8 Å². The molecule has 0 saturated heterocycles. The van der Waals surface area contributed by atoms with Crippen molar-refractivity contribution < 1.29 is 13.2 Å². The standard InChI is InChI=1S/C17H14BrF3/c18-16(13-8-14(19)17(21)15(20)9-13)12-6-5-10-3-1-2-4-11(10)7-12/h5-9,16H,1-4H2. The van der Waals surface area contributed by atoms with Crippen molar-refractivity contribution in [1.82, 2.24) is 0 Å². The lowest BCUT2D eigenvalue weighted by Gasteiger charge is -2.19. The monoisotopic (exact) mass is 354 g/mol. The Morgan fingerprint density at radius 1 is 0.810 bits per heavy atom. The van der Waals surface area contributed by atoms with Gasteiger partial charge in [0.05, 0.1) is 4.83 Å². The van der Waals surface area contributed by atoms with Crippen molar-refractivity contribution in [2.24, 2.45) is 0 Å². The Morgan fingerprint density at radius 2 is 1.43 bits per heavy atom. The number of alkyl halides is 1. The summed E-state index contributed by atoms with van der Waals surface area (Å²) in [5, 5.41) is 0. The molecule has 110 valence electrons. The van der Waals surface area contributed by atoms with Gasteiger partial charge in [-0.1, -0.05) is 34.1 Å². The molecule has 0 spiro atoms. The third kappa shape index (κ3) is 2.86. The summed E-state index contributed by atoms with van der Waals surface area (Å²) in [6, 6.07) is 8.19. The normalized spacial score (nSPS) is 15.6. The summed E-state index contributed by atoms with van der Waals surface area (Å²) >= 11 is 3.46. The summed E-state index contributed by atoms with van der Waals surface area (Å²) in [6.45, 7) is 0. The average Bonchev–Trinajstić information content (AvgIpc) is 2.51. The van der Waals surface area contributed by atoms with Crippen LogP contribution in [0.2, 0.25) is 0 Å². The number of hydrogen-bond donors (Lipinski definition) is 0. The van der Waals surface area contributed by atoms with Crippen LogP contribution in [0.5, 0.6) is 0 Å². The van der Waals surface area contributed by atoms with Crippen LogP contribution < -0.4 is 0 Å². The first-order valence-electron chi connectivity index (χ1n) is 6.96. The van der Waals surface area contributed by atoms with Gasteiger partial charge in [-0.2, -0.15) is 0 Å². The Labute approximate surface area is 130 Å². The second-order valence-corrected chi connectivity index (χ2v) is 6.31. The van der Waals surface area contributed by atoms with Crippen molar-refractivity contribution in [3.8, 4) is 0 Å². The van der Waals surface area contributed by atoms with E-state index in [-0.39, 0.29) is 4.83 Å². The van der Waals surface area contributed by atoms with E-state index in [2.05, 4.69) is 28.1 Å². The van der Waals surface area contributed by atoms with Crippen LogP contribution in [0.3, 0.4) is 0 Å². The van der Waals surface area contributed by atoms with E-state index in [0.717, 1.165) is 30.5 Å². The molecule has 0 nitrogen and oxygen atoms in total. The zero-order valence-electron chi connectivity index (χ0n) is 11.3. The lowest BCUT2D eigenvalue weighted by molar-refractivity contribution is 0.445. The number of rotatable bonds is 2. The van der Waals surface area contributed by atoms with Crippen LogP contribution in [0.4, 0.5) is 13.2 Å². The first kappa shape index (κ1) is 14.6. The molecule has 0 N–H and O–H groups in total. The van der Waals surface area contributed by atoms with Gasteiger partial charge in [0.1, 0.15) is 0 Å². The molecule has 2 aromatic carbocycles. The maximum atomic E-state index is 13.4. The van der Waals surface area contributed by atoms with Crippen LogP contribution in [0, 0.1) is 17.5 Å². The Hall–Kier alpha value is -1.29. The molecule has 1 aliphatic carbocycles. The highest BCUT2D eigenvalue weighted by Crippen LogP contribution is 2.34. The molecular formula is C17H14BrF3. The lowest BCUT2D eigenvalue weighted by Crippen LogP contribution is -2.05. The summed E-state index contributed by atoms with van der Waals surface area (Å²) in [6.07, 6.45) is 4.50. The van der Waals surface area contributed by atoms with Crippen molar-refractivity contribution in [3.63, 3.8) is 0 Å². The minimum Gasteiger partial charge on any atom is -0.204 e. The third-order valence-corrected chi connectivity index (χ3v) is 5.02. The molecule has 1 aliphatic rings. The zero-order chi connectivity index (χ0) is 15.0. The zero-order valence-corrected chi connectivity index (χ0v) is 12.9. The predicted octanol–water partition coefficient (Wildman–Crippen LogP) is 5.47. The fraction of sp³-hybridized carbons (Fsp3) is 0.294. The summed E-state index contributed by atoms with van der Waals surface area (Å²) in [7, 11) is 0. The average molecular weight is 355 g/mol. The van der Waals surface area contributed by atoms with E-state index in [1.807, 2.05) is 6.07 Å². The molecule has 3 rings (SSSR count). The van der Waals surface area contributed by atoms with Gasteiger partial charge in [-0.05, 0) is 60.1 Å².